The van der Waals surface area contributed by atoms with Gasteiger partial charge in [0.1, 0.15) is 5.15 Å². The Bertz CT molecular complexity index is 1050. The number of benzene rings is 2. The third kappa shape index (κ3) is 7.76. The third-order valence-electron chi connectivity index (χ3n) is 5.20. The van der Waals surface area contributed by atoms with Crippen LogP contribution in [-0.4, -0.2) is 55.3 Å². The molecular weight excluding hydrogens is 462 g/mol. The van der Waals surface area contributed by atoms with Crippen LogP contribution in [0.3, 0.4) is 0 Å². The zero-order chi connectivity index (χ0) is 24.3. The maximum atomic E-state index is 12.4. The first-order chi connectivity index (χ1) is 16.5. The Labute approximate surface area is 202 Å². The number of ether oxygens (including phenoxy) is 1. The SMILES string of the molecule is COCCN1CCC(NC(=O)Nc2ccc(Cl)nc2-c2ccccc2)C1.Fc1ccccc1F. The Morgan fingerprint density at radius 2 is 1.76 bits per heavy atom. The van der Waals surface area contributed by atoms with Crippen LogP contribution in [0.1, 0.15) is 6.42 Å². The van der Waals surface area contributed by atoms with E-state index in [-0.39, 0.29) is 12.1 Å². The molecule has 1 fully saturated rings. The van der Waals surface area contributed by atoms with Crippen molar-refractivity contribution in [2.75, 3.05) is 38.7 Å². The van der Waals surface area contributed by atoms with E-state index in [1.807, 2.05) is 30.3 Å². The van der Waals surface area contributed by atoms with E-state index in [4.69, 9.17) is 16.3 Å². The van der Waals surface area contributed by atoms with E-state index in [1.165, 1.54) is 12.1 Å². The first kappa shape index (κ1) is 25.6. The van der Waals surface area contributed by atoms with E-state index < -0.39 is 11.6 Å². The number of carbonyl (C=O) groups is 1. The highest BCUT2D eigenvalue weighted by Crippen LogP contribution is 2.27. The number of hydrogen-bond acceptors (Lipinski definition) is 4. The van der Waals surface area contributed by atoms with Crippen LogP contribution in [-0.2, 0) is 4.74 Å². The first-order valence-electron chi connectivity index (χ1n) is 10.9. The fraction of sp³-hybridized carbons (Fsp3) is 0.280. The second-order valence-corrected chi connectivity index (χ2v) is 8.07. The van der Waals surface area contributed by atoms with Crippen molar-refractivity contribution in [3.63, 3.8) is 0 Å². The summed E-state index contributed by atoms with van der Waals surface area (Å²) in [6.45, 7) is 3.39. The monoisotopic (exact) mass is 488 g/mol. The largest absolute Gasteiger partial charge is 0.383 e. The van der Waals surface area contributed by atoms with E-state index in [0.29, 0.717) is 23.1 Å². The van der Waals surface area contributed by atoms with Gasteiger partial charge in [0.25, 0.3) is 0 Å². The molecule has 0 radical (unpaired) electrons. The first-order valence-corrected chi connectivity index (χ1v) is 11.2. The van der Waals surface area contributed by atoms with E-state index in [2.05, 4.69) is 20.5 Å². The van der Waals surface area contributed by atoms with Gasteiger partial charge >= 0.3 is 6.03 Å². The van der Waals surface area contributed by atoms with Crippen molar-refractivity contribution < 1.29 is 18.3 Å². The van der Waals surface area contributed by atoms with Gasteiger partial charge in [-0.1, -0.05) is 54.1 Å². The molecule has 1 saturated heterocycles. The molecule has 1 aromatic heterocycles. The second kappa shape index (κ2) is 13.0. The summed E-state index contributed by atoms with van der Waals surface area (Å²) in [7, 11) is 1.70. The lowest BCUT2D eigenvalue weighted by Crippen LogP contribution is -2.40. The molecule has 1 unspecified atom stereocenters. The van der Waals surface area contributed by atoms with Crippen molar-refractivity contribution in [2.45, 2.75) is 12.5 Å². The zero-order valence-electron chi connectivity index (χ0n) is 18.8. The number of rotatable bonds is 6. The van der Waals surface area contributed by atoms with Crippen LogP contribution in [0.25, 0.3) is 11.3 Å². The zero-order valence-corrected chi connectivity index (χ0v) is 19.6. The molecule has 0 aliphatic carbocycles. The number of anilines is 1. The number of hydrogen-bond donors (Lipinski definition) is 2. The summed E-state index contributed by atoms with van der Waals surface area (Å²) in [5.74, 6) is -1.60. The predicted molar refractivity (Wildman–Crippen MR) is 130 cm³/mol. The van der Waals surface area contributed by atoms with Gasteiger partial charge in [0.2, 0.25) is 0 Å². The molecule has 2 heterocycles. The van der Waals surface area contributed by atoms with Crippen molar-refractivity contribution in [3.05, 3.63) is 83.5 Å². The number of amides is 2. The molecule has 2 N–H and O–H groups in total. The van der Waals surface area contributed by atoms with Crippen molar-refractivity contribution >= 4 is 23.3 Å². The summed E-state index contributed by atoms with van der Waals surface area (Å²) in [5.41, 5.74) is 2.19. The smallest absolute Gasteiger partial charge is 0.319 e. The molecule has 3 aromatic rings. The van der Waals surface area contributed by atoms with Gasteiger partial charge in [0.05, 0.1) is 18.0 Å². The standard InChI is InChI=1S/C19H23ClN4O2.C6H4F2/c1-26-12-11-24-10-9-15(13-24)21-19(25)22-16-7-8-17(20)23-18(16)14-5-3-2-4-6-14;7-5-3-1-2-4-6(5)8/h2-8,15H,9-13H2,1H3,(H2,21,22,25);1-4H. The van der Waals surface area contributed by atoms with Crippen LogP contribution in [0.15, 0.2) is 66.7 Å². The lowest BCUT2D eigenvalue weighted by molar-refractivity contribution is 0.160. The quantitative estimate of drug-likeness (QED) is 0.467. The van der Waals surface area contributed by atoms with Crippen LogP contribution in [0.4, 0.5) is 19.3 Å². The van der Waals surface area contributed by atoms with Crippen LogP contribution in [0, 0.1) is 11.6 Å². The van der Waals surface area contributed by atoms with E-state index in [0.717, 1.165) is 43.8 Å². The van der Waals surface area contributed by atoms with E-state index in [1.54, 1.807) is 19.2 Å². The molecule has 6 nitrogen and oxygen atoms in total. The van der Waals surface area contributed by atoms with Gasteiger partial charge in [0.15, 0.2) is 11.6 Å². The summed E-state index contributed by atoms with van der Waals surface area (Å²) < 4.78 is 29.0. The van der Waals surface area contributed by atoms with Gasteiger partial charge in [0, 0.05) is 38.3 Å². The summed E-state index contributed by atoms with van der Waals surface area (Å²) in [6.07, 6.45) is 0.932. The number of urea groups is 1. The lowest BCUT2D eigenvalue weighted by Gasteiger charge is -2.17. The minimum absolute atomic E-state index is 0.132. The Balaban J connectivity index is 0.000000343. The molecule has 1 aliphatic rings. The van der Waals surface area contributed by atoms with Gasteiger partial charge in [-0.15, -0.1) is 0 Å². The van der Waals surface area contributed by atoms with E-state index in [9.17, 15) is 13.6 Å². The van der Waals surface area contributed by atoms with Gasteiger partial charge in [-0.25, -0.2) is 18.6 Å². The van der Waals surface area contributed by atoms with Crippen molar-refractivity contribution in [3.8, 4) is 11.3 Å². The minimum Gasteiger partial charge on any atom is -0.383 e. The number of methoxy groups -OCH3 is 1. The Morgan fingerprint density at radius 3 is 2.41 bits per heavy atom. The van der Waals surface area contributed by atoms with E-state index >= 15 is 0 Å². The molecule has 34 heavy (non-hydrogen) atoms. The summed E-state index contributed by atoms with van der Waals surface area (Å²) in [6, 6.07) is 18.0. The van der Waals surface area contributed by atoms with Crippen molar-refractivity contribution in [1.82, 2.24) is 15.2 Å². The molecule has 2 amide bonds. The fourth-order valence-electron chi connectivity index (χ4n) is 3.51. The lowest BCUT2D eigenvalue weighted by atomic mass is 10.1. The fourth-order valence-corrected chi connectivity index (χ4v) is 3.66. The van der Waals surface area contributed by atoms with Crippen LogP contribution in [0.2, 0.25) is 5.15 Å². The molecule has 1 aliphatic heterocycles. The maximum Gasteiger partial charge on any atom is 0.319 e. The average molecular weight is 489 g/mol. The Hall–Kier alpha value is -3.07. The number of likely N-dealkylation sites (tertiary alicyclic amines) is 1. The number of halogens is 3. The molecule has 4 rings (SSSR count). The third-order valence-corrected chi connectivity index (χ3v) is 5.41. The van der Waals surface area contributed by atoms with Crippen molar-refractivity contribution in [2.24, 2.45) is 0 Å². The molecule has 180 valence electrons. The highest BCUT2D eigenvalue weighted by Gasteiger charge is 2.23. The number of pyridine rings is 1. The molecule has 0 spiro atoms. The molecule has 9 heteroatoms. The highest BCUT2D eigenvalue weighted by molar-refractivity contribution is 6.29. The van der Waals surface area contributed by atoms with Crippen LogP contribution >= 0.6 is 11.6 Å². The molecule has 0 saturated carbocycles. The van der Waals surface area contributed by atoms with Crippen molar-refractivity contribution in [1.29, 1.82) is 0 Å². The minimum atomic E-state index is -0.799. The number of nitrogens with zero attached hydrogens (tertiary/aromatic N) is 2. The summed E-state index contributed by atoms with van der Waals surface area (Å²) in [5, 5.41) is 6.33. The Kier molecular flexibility index (Phi) is 9.75. The predicted octanol–water partition coefficient (Wildman–Crippen LogP) is 5.21. The summed E-state index contributed by atoms with van der Waals surface area (Å²) in [4.78, 5) is 19.1. The average Bonchev–Trinajstić information content (AvgIpc) is 3.28. The topological polar surface area (TPSA) is 66.5 Å². The van der Waals surface area contributed by atoms with Crippen LogP contribution in [0.5, 0.6) is 0 Å². The molecule has 2 aromatic carbocycles. The van der Waals surface area contributed by atoms with Gasteiger partial charge in [-0.3, -0.25) is 4.90 Å². The van der Waals surface area contributed by atoms with Gasteiger partial charge in [-0.2, -0.15) is 0 Å². The number of carbonyl (C=O) groups excluding carboxylic acids is 1. The van der Waals surface area contributed by atoms with Gasteiger partial charge < -0.3 is 15.4 Å². The van der Waals surface area contributed by atoms with Gasteiger partial charge in [-0.05, 0) is 30.7 Å². The Morgan fingerprint density at radius 1 is 1.09 bits per heavy atom. The molecule has 1 atom stereocenters. The maximum absolute atomic E-state index is 12.4. The molecule has 0 bridgehead atoms. The number of nitrogens with one attached hydrogen (secondary N) is 2. The second-order valence-electron chi connectivity index (χ2n) is 7.69. The normalized spacial score (nSPS) is 15.4. The molecular formula is C25H27ClF2N4O2. The summed E-state index contributed by atoms with van der Waals surface area (Å²) >= 11 is 6.04. The van der Waals surface area contributed by atoms with Crippen LogP contribution < -0.4 is 10.6 Å². The highest BCUT2D eigenvalue weighted by atomic mass is 35.5. The number of aromatic nitrogens is 1.